The summed E-state index contributed by atoms with van der Waals surface area (Å²) in [6, 6.07) is 6.80. The van der Waals surface area contributed by atoms with E-state index in [1.54, 1.807) is 44.6 Å². The van der Waals surface area contributed by atoms with E-state index >= 15 is 0 Å². The van der Waals surface area contributed by atoms with Gasteiger partial charge in [-0.05, 0) is 30.7 Å². The van der Waals surface area contributed by atoms with Gasteiger partial charge in [-0.1, -0.05) is 6.07 Å². The van der Waals surface area contributed by atoms with Gasteiger partial charge < -0.3 is 10.6 Å². The van der Waals surface area contributed by atoms with E-state index in [2.05, 4.69) is 15.7 Å². The van der Waals surface area contributed by atoms with Gasteiger partial charge in [0.15, 0.2) is 0 Å². The summed E-state index contributed by atoms with van der Waals surface area (Å²) in [5, 5.41) is 9.30. The second-order valence-corrected chi connectivity index (χ2v) is 4.40. The van der Waals surface area contributed by atoms with E-state index in [0.717, 1.165) is 5.56 Å². The first kappa shape index (κ1) is 13.8. The summed E-state index contributed by atoms with van der Waals surface area (Å²) in [5.41, 5.74) is 2.44. The maximum atomic E-state index is 12.1. The molecule has 104 valence electrons. The second kappa shape index (κ2) is 5.56. The van der Waals surface area contributed by atoms with Crippen molar-refractivity contribution in [3.05, 3.63) is 47.3 Å². The molecule has 0 aliphatic carbocycles. The normalized spacial score (nSPS) is 10.2. The van der Waals surface area contributed by atoms with Crippen LogP contribution < -0.4 is 10.6 Å². The van der Waals surface area contributed by atoms with Crippen molar-refractivity contribution in [3.63, 3.8) is 0 Å². The number of aromatic nitrogens is 2. The van der Waals surface area contributed by atoms with Crippen molar-refractivity contribution < 1.29 is 9.59 Å². The lowest BCUT2D eigenvalue weighted by molar-refractivity contribution is 0.0961. The van der Waals surface area contributed by atoms with E-state index in [9.17, 15) is 9.59 Å². The molecule has 20 heavy (non-hydrogen) atoms. The minimum Gasteiger partial charge on any atom is -0.355 e. The SMILES string of the molecule is CNC(=O)c1ccc(C)c(NC(=O)c2ccnn2C)c1. The van der Waals surface area contributed by atoms with Crippen molar-refractivity contribution in [1.82, 2.24) is 15.1 Å². The number of amides is 2. The van der Waals surface area contributed by atoms with Crippen LogP contribution in [0.5, 0.6) is 0 Å². The van der Waals surface area contributed by atoms with Gasteiger partial charge in [-0.25, -0.2) is 0 Å². The maximum Gasteiger partial charge on any atom is 0.273 e. The Kier molecular flexibility index (Phi) is 3.84. The Balaban J connectivity index is 2.27. The molecular formula is C14H16N4O2. The van der Waals surface area contributed by atoms with Gasteiger partial charge in [0.25, 0.3) is 11.8 Å². The molecular weight excluding hydrogens is 256 g/mol. The number of hydrogen-bond donors (Lipinski definition) is 2. The predicted octanol–water partition coefficient (Wildman–Crippen LogP) is 1.34. The van der Waals surface area contributed by atoms with Gasteiger partial charge in [-0.2, -0.15) is 5.10 Å². The molecule has 0 aliphatic rings. The van der Waals surface area contributed by atoms with Gasteiger partial charge in [0.2, 0.25) is 0 Å². The van der Waals surface area contributed by atoms with Crippen LogP contribution in [0.15, 0.2) is 30.5 Å². The average Bonchev–Trinajstić information content (AvgIpc) is 2.86. The zero-order valence-electron chi connectivity index (χ0n) is 11.6. The van der Waals surface area contributed by atoms with Gasteiger partial charge in [0, 0.05) is 31.5 Å². The highest BCUT2D eigenvalue weighted by molar-refractivity contribution is 6.04. The van der Waals surface area contributed by atoms with Crippen molar-refractivity contribution in [2.24, 2.45) is 7.05 Å². The van der Waals surface area contributed by atoms with Crippen LogP contribution in [-0.2, 0) is 7.05 Å². The molecule has 2 amide bonds. The molecule has 0 saturated heterocycles. The highest BCUT2D eigenvalue weighted by Gasteiger charge is 2.13. The molecule has 2 N–H and O–H groups in total. The van der Waals surface area contributed by atoms with E-state index in [1.165, 1.54) is 4.68 Å². The lowest BCUT2D eigenvalue weighted by Crippen LogP contribution is -2.20. The predicted molar refractivity (Wildman–Crippen MR) is 75.7 cm³/mol. The lowest BCUT2D eigenvalue weighted by Gasteiger charge is -2.10. The number of rotatable bonds is 3. The standard InChI is InChI=1S/C14H16N4O2/c1-9-4-5-10(13(19)15-2)8-11(9)17-14(20)12-6-7-16-18(12)3/h4-8H,1-3H3,(H,15,19)(H,17,20). The molecule has 2 aromatic rings. The molecule has 6 heteroatoms. The maximum absolute atomic E-state index is 12.1. The number of aryl methyl sites for hydroxylation is 2. The molecule has 2 rings (SSSR count). The third kappa shape index (κ3) is 2.69. The van der Waals surface area contributed by atoms with E-state index < -0.39 is 0 Å². The van der Waals surface area contributed by atoms with E-state index in [4.69, 9.17) is 0 Å². The van der Waals surface area contributed by atoms with Crippen LogP contribution in [0.2, 0.25) is 0 Å². The number of hydrogen-bond acceptors (Lipinski definition) is 3. The van der Waals surface area contributed by atoms with Crippen LogP contribution in [0.1, 0.15) is 26.4 Å². The first-order valence-corrected chi connectivity index (χ1v) is 6.15. The van der Waals surface area contributed by atoms with Gasteiger partial charge in [0.1, 0.15) is 5.69 Å². The van der Waals surface area contributed by atoms with Crippen LogP contribution in [0.3, 0.4) is 0 Å². The summed E-state index contributed by atoms with van der Waals surface area (Å²) < 4.78 is 1.49. The summed E-state index contributed by atoms with van der Waals surface area (Å²) in [5.74, 6) is -0.455. The summed E-state index contributed by atoms with van der Waals surface area (Å²) in [6.07, 6.45) is 1.56. The summed E-state index contributed by atoms with van der Waals surface area (Å²) in [4.78, 5) is 23.7. The molecule has 0 spiro atoms. The van der Waals surface area contributed by atoms with Crippen molar-refractivity contribution >= 4 is 17.5 Å². The minimum absolute atomic E-state index is 0.193. The fourth-order valence-electron chi connectivity index (χ4n) is 1.83. The zero-order chi connectivity index (χ0) is 14.7. The number of benzene rings is 1. The molecule has 1 aromatic carbocycles. The Morgan fingerprint density at radius 1 is 1.20 bits per heavy atom. The van der Waals surface area contributed by atoms with Crippen molar-refractivity contribution in [3.8, 4) is 0 Å². The molecule has 0 aliphatic heterocycles. The minimum atomic E-state index is -0.262. The van der Waals surface area contributed by atoms with Crippen LogP contribution >= 0.6 is 0 Å². The molecule has 1 heterocycles. The van der Waals surface area contributed by atoms with Crippen molar-refractivity contribution in [1.29, 1.82) is 0 Å². The van der Waals surface area contributed by atoms with Gasteiger partial charge >= 0.3 is 0 Å². The summed E-state index contributed by atoms with van der Waals surface area (Å²) in [6.45, 7) is 1.87. The van der Waals surface area contributed by atoms with Gasteiger partial charge in [0.05, 0.1) is 0 Å². The fraction of sp³-hybridized carbons (Fsp3) is 0.214. The smallest absolute Gasteiger partial charge is 0.273 e. The third-order valence-electron chi connectivity index (χ3n) is 3.03. The van der Waals surface area contributed by atoms with Crippen molar-refractivity contribution in [2.45, 2.75) is 6.92 Å². The van der Waals surface area contributed by atoms with Crippen LogP contribution in [0, 0.1) is 6.92 Å². The molecule has 0 radical (unpaired) electrons. The highest BCUT2D eigenvalue weighted by atomic mass is 16.2. The van der Waals surface area contributed by atoms with E-state index in [0.29, 0.717) is 16.9 Å². The lowest BCUT2D eigenvalue weighted by atomic mass is 10.1. The monoisotopic (exact) mass is 272 g/mol. The molecule has 0 bridgehead atoms. The third-order valence-corrected chi connectivity index (χ3v) is 3.03. The number of nitrogens with zero attached hydrogens (tertiary/aromatic N) is 2. The van der Waals surface area contributed by atoms with Crippen LogP contribution in [-0.4, -0.2) is 28.6 Å². The Morgan fingerprint density at radius 3 is 2.55 bits per heavy atom. The molecule has 0 atom stereocenters. The first-order chi connectivity index (χ1) is 9.52. The van der Waals surface area contributed by atoms with Crippen LogP contribution in [0.25, 0.3) is 0 Å². The quantitative estimate of drug-likeness (QED) is 0.885. The Morgan fingerprint density at radius 2 is 1.95 bits per heavy atom. The van der Waals surface area contributed by atoms with Gasteiger partial charge in [-0.3, -0.25) is 14.3 Å². The largest absolute Gasteiger partial charge is 0.355 e. The summed E-state index contributed by atoms with van der Waals surface area (Å²) >= 11 is 0. The molecule has 0 unspecified atom stereocenters. The number of anilines is 1. The Bertz CT molecular complexity index is 661. The second-order valence-electron chi connectivity index (χ2n) is 4.40. The zero-order valence-corrected chi connectivity index (χ0v) is 11.6. The van der Waals surface area contributed by atoms with E-state index in [-0.39, 0.29) is 11.8 Å². The summed E-state index contributed by atoms with van der Waals surface area (Å²) in [7, 11) is 3.26. The molecule has 6 nitrogen and oxygen atoms in total. The van der Waals surface area contributed by atoms with Crippen LogP contribution in [0.4, 0.5) is 5.69 Å². The first-order valence-electron chi connectivity index (χ1n) is 6.15. The number of carbonyl (C=O) groups is 2. The fourth-order valence-corrected chi connectivity index (χ4v) is 1.83. The molecule has 0 saturated carbocycles. The van der Waals surface area contributed by atoms with E-state index in [1.807, 2.05) is 6.92 Å². The molecule has 0 fully saturated rings. The van der Waals surface area contributed by atoms with Crippen molar-refractivity contribution in [2.75, 3.05) is 12.4 Å². The Hall–Kier alpha value is -2.63. The average molecular weight is 272 g/mol. The number of carbonyl (C=O) groups excluding carboxylic acids is 2. The Labute approximate surface area is 116 Å². The highest BCUT2D eigenvalue weighted by Crippen LogP contribution is 2.18. The van der Waals surface area contributed by atoms with Gasteiger partial charge in [-0.15, -0.1) is 0 Å². The number of nitrogens with one attached hydrogen (secondary N) is 2. The topological polar surface area (TPSA) is 76.0 Å². The molecule has 1 aromatic heterocycles.